The average Bonchev–Trinajstić information content (AvgIpc) is 2.83. The van der Waals surface area contributed by atoms with E-state index < -0.39 is 30.9 Å². The summed E-state index contributed by atoms with van der Waals surface area (Å²) in [7, 11) is -1.09. The van der Waals surface area contributed by atoms with Crippen molar-refractivity contribution in [1.29, 1.82) is 0 Å². The van der Waals surface area contributed by atoms with E-state index in [1.165, 1.54) is 12.1 Å². The van der Waals surface area contributed by atoms with Gasteiger partial charge in [0.2, 0.25) is 5.91 Å². The molecule has 1 heterocycles. The molecule has 116 valence electrons. The molecule has 0 aromatic heterocycles. The number of primary amides is 1. The van der Waals surface area contributed by atoms with E-state index in [1.54, 1.807) is 6.07 Å². The minimum Gasteiger partial charge on any atom is -0.480 e. The van der Waals surface area contributed by atoms with E-state index in [1.807, 2.05) is 0 Å². The van der Waals surface area contributed by atoms with Crippen LogP contribution in [0, 0.1) is 0 Å². The van der Waals surface area contributed by atoms with Crippen molar-refractivity contribution in [2.75, 3.05) is 0 Å². The fraction of sp³-hybridized carbons (Fsp3) is 0.308. The normalized spacial score (nSPS) is 14.3. The van der Waals surface area contributed by atoms with Gasteiger partial charge in [0.15, 0.2) is 0 Å². The van der Waals surface area contributed by atoms with E-state index in [-0.39, 0.29) is 25.0 Å². The highest BCUT2D eigenvalue weighted by Crippen LogP contribution is 2.12. The van der Waals surface area contributed by atoms with Gasteiger partial charge >= 0.3 is 13.1 Å². The van der Waals surface area contributed by atoms with E-state index in [9.17, 15) is 19.4 Å². The number of nitrogens with one attached hydrogen (secondary N) is 1. The van der Waals surface area contributed by atoms with Gasteiger partial charge in [0.25, 0.3) is 5.91 Å². The Kier molecular flexibility index (Phi) is 4.79. The molecule has 9 heteroatoms. The molecule has 0 saturated heterocycles. The van der Waals surface area contributed by atoms with Crippen molar-refractivity contribution < 1.29 is 29.2 Å². The van der Waals surface area contributed by atoms with Gasteiger partial charge in [0.1, 0.15) is 6.04 Å². The summed E-state index contributed by atoms with van der Waals surface area (Å²) in [5.74, 6) is -2.50. The summed E-state index contributed by atoms with van der Waals surface area (Å²) < 4.78 is 5.02. The first kappa shape index (κ1) is 16.0. The number of carbonyl (C=O) groups excluding carboxylic acids is 2. The standard InChI is InChI=1S/C13H15BN2O6/c15-11(17)4-3-10(13(19)20)16-12(18)7-1-2-8-6-22-14(21)9(8)5-7/h1-2,5,10,21H,3-4,6H2,(H2,15,17)(H,16,18)(H,19,20)/t10-/m0/s1. The van der Waals surface area contributed by atoms with Gasteiger partial charge in [0, 0.05) is 12.0 Å². The van der Waals surface area contributed by atoms with Crippen LogP contribution in [0.5, 0.6) is 0 Å². The number of nitrogens with two attached hydrogens (primary N) is 1. The van der Waals surface area contributed by atoms with Crippen molar-refractivity contribution in [1.82, 2.24) is 5.32 Å². The third-order valence-electron chi connectivity index (χ3n) is 3.35. The predicted octanol–water partition coefficient (Wildman–Crippen LogP) is -1.65. The predicted molar refractivity (Wildman–Crippen MR) is 76.2 cm³/mol. The number of carboxylic acid groups (broad SMARTS) is 1. The highest BCUT2D eigenvalue weighted by Gasteiger charge is 2.28. The first-order valence-electron chi connectivity index (χ1n) is 6.63. The second-order valence-corrected chi connectivity index (χ2v) is 4.95. The topological polar surface area (TPSA) is 139 Å². The van der Waals surface area contributed by atoms with E-state index in [4.69, 9.17) is 15.5 Å². The second-order valence-electron chi connectivity index (χ2n) is 4.95. The van der Waals surface area contributed by atoms with Gasteiger partial charge < -0.3 is 25.8 Å². The molecule has 1 aromatic rings. The summed E-state index contributed by atoms with van der Waals surface area (Å²) in [6.07, 6.45) is -0.235. The molecule has 22 heavy (non-hydrogen) atoms. The number of carboxylic acids is 1. The van der Waals surface area contributed by atoms with Gasteiger partial charge in [-0.1, -0.05) is 6.07 Å². The molecule has 2 amide bonds. The van der Waals surface area contributed by atoms with E-state index in [0.29, 0.717) is 5.46 Å². The van der Waals surface area contributed by atoms with Crippen LogP contribution in [0.1, 0.15) is 28.8 Å². The number of benzene rings is 1. The molecule has 1 aromatic carbocycles. The summed E-state index contributed by atoms with van der Waals surface area (Å²) in [5, 5.41) is 21.0. The maximum atomic E-state index is 12.1. The van der Waals surface area contributed by atoms with E-state index in [0.717, 1.165) is 5.56 Å². The second kappa shape index (κ2) is 6.59. The molecular formula is C13H15BN2O6. The van der Waals surface area contributed by atoms with Gasteiger partial charge in [-0.3, -0.25) is 9.59 Å². The molecular weight excluding hydrogens is 291 g/mol. The molecule has 5 N–H and O–H groups in total. The molecule has 8 nitrogen and oxygen atoms in total. The Hall–Kier alpha value is -2.39. The maximum Gasteiger partial charge on any atom is 0.491 e. The van der Waals surface area contributed by atoms with Crippen molar-refractivity contribution in [3.63, 3.8) is 0 Å². The van der Waals surface area contributed by atoms with Crippen molar-refractivity contribution in [3.05, 3.63) is 29.3 Å². The smallest absolute Gasteiger partial charge is 0.480 e. The lowest BCUT2D eigenvalue weighted by Crippen LogP contribution is -2.41. The average molecular weight is 306 g/mol. The van der Waals surface area contributed by atoms with Gasteiger partial charge in [-0.2, -0.15) is 0 Å². The van der Waals surface area contributed by atoms with Crippen molar-refractivity contribution in [2.45, 2.75) is 25.5 Å². The zero-order valence-corrected chi connectivity index (χ0v) is 11.6. The first-order valence-corrected chi connectivity index (χ1v) is 6.63. The van der Waals surface area contributed by atoms with Gasteiger partial charge in [-0.15, -0.1) is 0 Å². The van der Waals surface area contributed by atoms with E-state index >= 15 is 0 Å². The fourth-order valence-electron chi connectivity index (χ4n) is 2.14. The summed E-state index contributed by atoms with van der Waals surface area (Å²) in [6.45, 7) is 0.259. The number of amides is 2. The molecule has 1 atom stereocenters. The van der Waals surface area contributed by atoms with Gasteiger partial charge in [-0.25, -0.2) is 4.79 Å². The Morgan fingerprint density at radius 2 is 2.14 bits per heavy atom. The lowest BCUT2D eigenvalue weighted by atomic mass is 9.79. The molecule has 0 saturated carbocycles. The van der Waals surface area contributed by atoms with Crippen LogP contribution in [-0.2, 0) is 20.9 Å². The van der Waals surface area contributed by atoms with Crippen molar-refractivity contribution >= 4 is 30.4 Å². The SMILES string of the molecule is NC(=O)CC[C@H](NC(=O)c1ccc2c(c1)B(O)OC2)C(=O)O. The molecule has 1 aliphatic rings. The highest BCUT2D eigenvalue weighted by atomic mass is 16.5. The van der Waals surface area contributed by atoms with Gasteiger partial charge in [-0.05, 0) is 29.6 Å². The van der Waals surface area contributed by atoms with Crippen LogP contribution in [0.2, 0.25) is 0 Å². The Balaban J connectivity index is 2.09. The first-order chi connectivity index (χ1) is 10.4. The number of hydrogen-bond donors (Lipinski definition) is 4. The van der Waals surface area contributed by atoms with Gasteiger partial charge in [0.05, 0.1) is 6.61 Å². The zero-order valence-electron chi connectivity index (χ0n) is 11.6. The molecule has 0 radical (unpaired) electrons. The van der Waals surface area contributed by atoms with Crippen LogP contribution >= 0.6 is 0 Å². The minimum absolute atomic E-state index is 0.0902. The lowest BCUT2D eigenvalue weighted by Gasteiger charge is -2.14. The van der Waals surface area contributed by atoms with Crippen molar-refractivity contribution in [3.8, 4) is 0 Å². The van der Waals surface area contributed by atoms with Crippen molar-refractivity contribution in [2.24, 2.45) is 5.73 Å². The maximum absolute atomic E-state index is 12.1. The van der Waals surface area contributed by atoms with Crippen LogP contribution in [0.25, 0.3) is 0 Å². The molecule has 0 aliphatic carbocycles. The Morgan fingerprint density at radius 3 is 2.77 bits per heavy atom. The van der Waals surface area contributed by atoms with Crippen LogP contribution in [-0.4, -0.2) is 41.1 Å². The summed E-state index contributed by atoms with van der Waals surface area (Å²) in [5.41, 5.74) is 6.43. The molecule has 0 bridgehead atoms. The highest BCUT2D eigenvalue weighted by molar-refractivity contribution is 6.61. The number of fused-ring (bicyclic) bond motifs is 1. The Bertz CT molecular complexity index is 621. The summed E-state index contributed by atoms with van der Waals surface area (Å²) in [4.78, 5) is 33.9. The molecule has 0 spiro atoms. The van der Waals surface area contributed by atoms with Crippen LogP contribution in [0.4, 0.5) is 0 Å². The van der Waals surface area contributed by atoms with Crippen LogP contribution < -0.4 is 16.5 Å². The third-order valence-corrected chi connectivity index (χ3v) is 3.35. The van der Waals surface area contributed by atoms with Crippen LogP contribution in [0.3, 0.4) is 0 Å². The number of aliphatic carboxylic acids is 1. The molecule has 0 fully saturated rings. The fourth-order valence-corrected chi connectivity index (χ4v) is 2.14. The zero-order chi connectivity index (χ0) is 16.3. The molecule has 1 aliphatic heterocycles. The molecule has 2 rings (SSSR count). The quantitative estimate of drug-likeness (QED) is 0.465. The third kappa shape index (κ3) is 3.63. The van der Waals surface area contributed by atoms with E-state index in [2.05, 4.69) is 5.32 Å². The largest absolute Gasteiger partial charge is 0.491 e. The number of hydrogen-bond acceptors (Lipinski definition) is 5. The summed E-state index contributed by atoms with van der Waals surface area (Å²) in [6, 6.07) is 3.40. The number of rotatable bonds is 6. The van der Waals surface area contributed by atoms with Crippen LogP contribution in [0.15, 0.2) is 18.2 Å². The number of carbonyl (C=O) groups is 3. The summed E-state index contributed by atoms with van der Waals surface area (Å²) >= 11 is 0. The lowest BCUT2D eigenvalue weighted by molar-refractivity contribution is -0.139. The Morgan fingerprint density at radius 1 is 1.41 bits per heavy atom. The minimum atomic E-state index is -1.25. The monoisotopic (exact) mass is 306 g/mol. The molecule has 0 unspecified atom stereocenters. The Labute approximate surface area is 126 Å².